The summed E-state index contributed by atoms with van der Waals surface area (Å²) in [6, 6.07) is 22.5. The number of nitro benzene ring substituents is 1. The number of ether oxygens (including phenoxy) is 2. The number of non-ortho nitro benzene ring substituents is 1. The average molecular weight is 378 g/mol. The second-order valence-electron chi connectivity index (χ2n) is 5.79. The van der Waals surface area contributed by atoms with Crippen LogP contribution < -0.4 is 9.47 Å². The van der Waals surface area contributed by atoms with E-state index in [0.717, 1.165) is 11.1 Å². The Morgan fingerprint density at radius 2 is 1.32 bits per heavy atom. The van der Waals surface area contributed by atoms with Crippen LogP contribution in [-0.2, 0) is 0 Å². The predicted molar refractivity (Wildman–Crippen MR) is 104 cm³/mol. The summed E-state index contributed by atoms with van der Waals surface area (Å²) in [4.78, 5) is 10.2. The van der Waals surface area contributed by atoms with Crippen molar-refractivity contribution in [2.75, 3.05) is 13.2 Å². The molecule has 0 atom stereocenters. The van der Waals surface area contributed by atoms with Gasteiger partial charge in [-0.15, -0.1) is 0 Å². The maximum atomic E-state index is 10.6. The lowest BCUT2D eigenvalue weighted by atomic mass is 10.0. The zero-order valence-electron chi connectivity index (χ0n) is 14.9. The Kier molecular flexibility index (Phi) is 6.20. The molecule has 0 radical (unpaired) electrons. The third kappa shape index (κ3) is 4.85. The zero-order valence-corrected chi connectivity index (χ0v) is 14.9. The van der Waals surface area contributed by atoms with Gasteiger partial charge in [-0.3, -0.25) is 10.1 Å². The van der Waals surface area contributed by atoms with Gasteiger partial charge in [0, 0.05) is 23.3 Å². The van der Waals surface area contributed by atoms with Gasteiger partial charge in [0.25, 0.3) is 5.69 Å². The van der Waals surface area contributed by atoms with Gasteiger partial charge in [-0.1, -0.05) is 35.5 Å². The van der Waals surface area contributed by atoms with Crippen LogP contribution in [0.1, 0.15) is 11.1 Å². The van der Waals surface area contributed by atoms with Crippen LogP contribution in [-0.4, -0.2) is 29.1 Å². The van der Waals surface area contributed by atoms with Gasteiger partial charge in [-0.2, -0.15) is 0 Å². The fraction of sp³-hybridized carbons (Fsp3) is 0.0952. The molecule has 0 amide bonds. The van der Waals surface area contributed by atoms with Crippen molar-refractivity contribution in [1.82, 2.24) is 0 Å². The summed E-state index contributed by atoms with van der Waals surface area (Å²) in [5.74, 6) is 1.19. The van der Waals surface area contributed by atoms with Crippen molar-refractivity contribution < 1.29 is 19.6 Å². The minimum absolute atomic E-state index is 0.0185. The molecule has 0 aliphatic heterocycles. The molecule has 0 unspecified atom stereocenters. The highest BCUT2D eigenvalue weighted by atomic mass is 16.6. The fourth-order valence-electron chi connectivity index (χ4n) is 2.57. The molecule has 0 bridgehead atoms. The van der Waals surface area contributed by atoms with Crippen LogP contribution >= 0.6 is 0 Å². The lowest BCUT2D eigenvalue weighted by molar-refractivity contribution is -0.384. The monoisotopic (exact) mass is 378 g/mol. The Hall–Kier alpha value is -3.87. The number of hydrogen-bond donors (Lipinski definition) is 1. The minimum Gasteiger partial charge on any atom is -0.490 e. The van der Waals surface area contributed by atoms with Crippen molar-refractivity contribution in [1.29, 1.82) is 0 Å². The van der Waals surface area contributed by atoms with Crippen LogP contribution in [0.4, 0.5) is 5.69 Å². The normalized spacial score (nSPS) is 11.1. The summed E-state index contributed by atoms with van der Waals surface area (Å²) < 4.78 is 11.1. The summed E-state index contributed by atoms with van der Waals surface area (Å²) in [7, 11) is 0. The van der Waals surface area contributed by atoms with Gasteiger partial charge in [0.2, 0.25) is 0 Å². The van der Waals surface area contributed by atoms with Crippen molar-refractivity contribution >= 4 is 11.4 Å². The maximum Gasteiger partial charge on any atom is 0.269 e. The quantitative estimate of drug-likeness (QED) is 0.208. The molecule has 7 nitrogen and oxygen atoms in total. The summed E-state index contributed by atoms with van der Waals surface area (Å²) >= 11 is 0. The highest BCUT2D eigenvalue weighted by Crippen LogP contribution is 2.18. The number of benzene rings is 3. The van der Waals surface area contributed by atoms with Gasteiger partial charge < -0.3 is 14.7 Å². The average Bonchev–Trinajstić information content (AvgIpc) is 2.74. The van der Waals surface area contributed by atoms with Crippen LogP contribution in [0.3, 0.4) is 0 Å². The van der Waals surface area contributed by atoms with Crippen LogP contribution in [0, 0.1) is 10.1 Å². The van der Waals surface area contributed by atoms with Crippen molar-refractivity contribution in [2.45, 2.75) is 0 Å². The SMILES string of the molecule is O=[N+]([O-])c1ccc(OCCOc2ccc(C(=NO)c3ccccc3)cc2)cc1. The minimum atomic E-state index is -0.457. The van der Waals surface area contributed by atoms with Gasteiger partial charge in [-0.25, -0.2) is 0 Å². The summed E-state index contributed by atoms with van der Waals surface area (Å²) in [5, 5.41) is 23.4. The lowest BCUT2D eigenvalue weighted by Gasteiger charge is -2.09. The standard InChI is InChI=1S/C21H18N2O5/c24-22-21(16-4-2-1-3-5-16)17-6-10-19(11-7-17)27-14-15-28-20-12-8-18(9-13-20)23(25)26/h1-13,24H,14-15H2. The van der Waals surface area contributed by atoms with E-state index in [9.17, 15) is 15.3 Å². The van der Waals surface area contributed by atoms with E-state index in [1.54, 1.807) is 24.3 Å². The van der Waals surface area contributed by atoms with E-state index in [4.69, 9.17) is 9.47 Å². The Morgan fingerprint density at radius 1 is 0.821 bits per heavy atom. The second-order valence-corrected chi connectivity index (χ2v) is 5.79. The van der Waals surface area contributed by atoms with Crippen LogP contribution in [0.15, 0.2) is 84.0 Å². The van der Waals surface area contributed by atoms with Crippen molar-refractivity contribution in [3.63, 3.8) is 0 Å². The van der Waals surface area contributed by atoms with Crippen molar-refractivity contribution in [3.8, 4) is 11.5 Å². The molecule has 0 heterocycles. The topological polar surface area (TPSA) is 94.2 Å². The summed E-state index contributed by atoms with van der Waals surface area (Å²) in [6.45, 7) is 0.614. The molecular formula is C21H18N2O5. The maximum absolute atomic E-state index is 10.6. The van der Waals surface area contributed by atoms with E-state index in [0.29, 0.717) is 30.4 Å². The van der Waals surface area contributed by atoms with E-state index in [1.165, 1.54) is 12.1 Å². The summed E-state index contributed by atoms with van der Waals surface area (Å²) in [6.07, 6.45) is 0. The molecule has 0 aliphatic carbocycles. The molecule has 3 rings (SSSR count). The Balaban J connectivity index is 1.51. The van der Waals surface area contributed by atoms with Crippen LogP contribution in [0.25, 0.3) is 0 Å². The van der Waals surface area contributed by atoms with Crippen LogP contribution in [0.2, 0.25) is 0 Å². The van der Waals surface area contributed by atoms with Gasteiger partial charge in [-0.05, 0) is 36.4 Å². The largest absolute Gasteiger partial charge is 0.490 e. The molecule has 7 heteroatoms. The molecule has 0 fully saturated rings. The third-order valence-electron chi connectivity index (χ3n) is 3.94. The van der Waals surface area contributed by atoms with E-state index < -0.39 is 4.92 Å². The van der Waals surface area contributed by atoms with Gasteiger partial charge in [0.05, 0.1) is 4.92 Å². The first-order valence-corrected chi connectivity index (χ1v) is 8.55. The lowest BCUT2D eigenvalue weighted by Crippen LogP contribution is -2.09. The van der Waals surface area contributed by atoms with Gasteiger partial charge in [0.15, 0.2) is 0 Å². The molecule has 0 spiro atoms. The van der Waals surface area contributed by atoms with Crippen LogP contribution in [0.5, 0.6) is 11.5 Å². The number of nitro groups is 1. The molecule has 0 aliphatic rings. The molecule has 3 aromatic carbocycles. The van der Waals surface area contributed by atoms with Crippen molar-refractivity contribution in [3.05, 3.63) is 100 Å². The Bertz CT molecular complexity index is 939. The van der Waals surface area contributed by atoms with E-state index in [1.807, 2.05) is 42.5 Å². The first-order chi connectivity index (χ1) is 13.7. The molecule has 142 valence electrons. The van der Waals surface area contributed by atoms with E-state index >= 15 is 0 Å². The third-order valence-corrected chi connectivity index (χ3v) is 3.94. The number of oxime groups is 1. The van der Waals surface area contributed by atoms with E-state index in [2.05, 4.69) is 5.16 Å². The fourth-order valence-corrected chi connectivity index (χ4v) is 2.57. The first kappa shape index (κ1) is 18.9. The zero-order chi connectivity index (χ0) is 19.8. The molecule has 28 heavy (non-hydrogen) atoms. The number of hydrogen-bond acceptors (Lipinski definition) is 6. The molecule has 3 aromatic rings. The highest BCUT2D eigenvalue weighted by molar-refractivity contribution is 6.12. The second kappa shape index (κ2) is 9.18. The Labute approximate surface area is 161 Å². The van der Waals surface area contributed by atoms with Crippen molar-refractivity contribution in [2.24, 2.45) is 5.16 Å². The Morgan fingerprint density at radius 3 is 1.82 bits per heavy atom. The summed E-state index contributed by atoms with van der Waals surface area (Å²) in [5.41, 5.74) is 2.08. The number of nitrogens with zero attached hydrogens (tertiary/aromatic N) is 2. The van der Waals surface area contributed by atoms with E-state index in [-0.39, 0.29) is 5.69 Å². The molecular weight excluding hydrogens is 360 g/mol. The smallest absolute Gasteiger partial charge is 0.269 e. The van der Waals surface area contributed by atoms with Gasteiger partial charge in [0.1, 0.15) is 30.4 Å². The van der Waals surface area contributed by atoms with Gasteiger partial charge >= 0.3 is 0 Å². The molecule has 0 saturated carbocycles. The molecule has 0 saturated heterocycles. The molecule has 1 N–H and O–H groups in total. The first-order valence-electron chi connectivity index (χ1n) is 8.55. The predicted octanol–water partition coefficient (Wildman–Crippen LogP) is 4.28. The highest BCUT2D eigenvalue weighted by Gasteiger charge is 2.08. The molecule has 0 aromatic heterocycles. The number of rotatable bonds is 8.